The SMILES string of the molecule is O=c1oc2ccccc2cc1[N+](Cc1ccccc1)(Cc1ccccc1)Cc1ccccc1.[Cl-]. The Labute approximate surface area is 205 Å². The van der Waals surface area contributed by atoms with E-state index >= 15 is 0 Å². The van der Waals surface area contributed by atoms with E-state index in [1.54, 1.807) is 0 Å². The number of fused-ring (bicyclic) bond motifs is 1. The Kier molecular flexibility index (Phi) is 7.27. The van der Waals surface area contributed by atoms with E-state index in [4.69, 9.17) is 4.42 Å². The molecule has 0 fully saturated rings. The molecule has 0 unspecified atom stereocenters. The van der Waals surface area contributed by atoms with Gasteiger partial charge in [-0.1, -0.05) is 109 Å². The molecule has 1 aromatic heterocycles. The van der Waals surface area contributed by atoms with Crippen molar-refractivity contribution in [3.63, 3.8) is 0 Å². The molecule has 0 amide bonds. The topological polar surface area (TPSA) is 30.2 Å². The lowest BCUT2D eigenvalue weighted by atomic mass is 10.0. The van der Waals surface area contributed by atoms with E-state index in [0.717, 1.165) is 5.39 Å². The molecule has 3 nitrogen and oxygen atoms in total. The molecule has 4 heteroatoms. The Hall–Kier alpha value is -3.66. The highest BCUT2D eigenvalue weighted by Gasteiger charge is 2.35. The van der Waals surface area contributed by atoms with Crippen molar-refractivity contribution < 1.29 is 16.8 Å². The van der Waals surface area contributed by atoms with Crippen molar-refractivity contribution in [1.29, 1.82) is 0 Å². The largest absolute Gasteiger partial charge is 1.00 e. The van der Waals surface area contributed by atoms with E-state index < -0.39 is 0 Å². The fourth-order valence-electron chi connectivity index (χ4n) is 4.60. The standard InChI is InChI=1S/C30H26NO2.ClH/c32-30-28(20-27-18-10-11-19-29(27)33-30)31(21-24-12-4-1-5-13-24,22-25-14-6-2-7-15-25)23-26-16-8-3-9-17-26;/h1-20H,21-23H2;1H/q+1;/p-1. The van der Waals surface area contributed by atoms with Crippen molar-refractivity contribution >= 4 is 16.7 Å². The lowest BCUT2D eigenvalue weighted by Gasteiger charge is -2.37. The first kappa shape index (κ1) is 23.5. The Morgan fingerprint density at radius 3 is 1.44 bits per heavy atom. The number of hydrogen-bond acceptors (Lipinski definition) is 2. The molecule has 0 saturated carbocycles. The first-order chi connectivity index (χ1) is 16.2. The zero-order valence-corrected chi connectivity index (χ0v) is 19.6. The average molecular weight is 468 g/mol. The van der Waals surface area contributed by atoms with Crippen LogP contribution in [-0.4, -0.2) is 0 Å². The zero-order valence-electron chi connectivity index (χ0n) is 18.8. The van der Waals surface area contributed by atoms with Crippen LogP contribution in [0, 0.1) is 0 Å². The van der Waals surface area contributed by atoms with Crippen LogP contribution >= 0.6 is 0 Å². The Bertz CT molecular complexity index is 1300. The highest BCUT2D eigenvalue weighted by molar-refractivity contribution is 5.79. The summed E-state index contributed by atoms with van der Waals surface area (Å²) in [6, 6.07) is 40.9. The molecule has 0 aliphatic rings. The van der Waals surface area contributed by atoms with Crippen LogP contribution in [0.5, 0.6) is 0 Å². The lowest BCUT2D eigenvalue weighted by molar-refractivity contribution is -0.00000738. The van der Waals surface area contributed by atoms with Crippen LogP contribution in [0.3, 0.4) is 0 Å². The van der Waals surface area contributed by atoms with Gasteiger partial charge >= 0.3 is 5.63 Å². The number of halogens is 1. The van der Waals surface area contributed by atoms with Crippen molar-refractivity contribution in [3.8, 4) is 0 Å². The van der Waals surface area contributed by atoms with Crippen LogP contribution < -0.4 is 22.5 Å². The second kappa shape index (κ2) is 10.5. The van der Waals surface area contributed by atoms with Crippen molar-refractivity contribution in [1.82, 2.24) is 4.48 Å². The van der Waals surface area contributed by atoms with Crippen LogP contribution in [0.1, 0.15) is 16.7 Å². The number of quaternary nitrogens is 1. The van der Waals surface area contributed by atoms with Gasteiger partial charge in [-0.15, -0.1) is 0 Å². The van der Waals surface area contributed by atoms with E-state index in [0.29, 0.717) is 35.4 Å². The zero-order chi connectivity index (χ0) is 22.5. The summed E-state index contributed by atoms with van der Waals surface area (Å²) < 4.78 is 6.28. The molecule has 0 saturated heterocycles. The molecule has 5 aromatic rings. The van der Waals surface area contributed by atoms with Crippen molar-refractivity contribution in [3.05, 3.63) is 148 Å². The average Bonchev–Trinajstić information content (AvgIpc) is 2.85. The van der Waals surface area contributed by atoms with Crippen LogP contribution in [-0.2, 0) is 19.6 Å². The summed E-state index contributed by atoms with van der Waals surface area (Å²) in [5, 5.41) is 0.934. The molecule has 0 aliphatic carbocycles. The molecular weight excluding hydrogens is 442 g/mol. The van der Waals surface area contributed by atoms with Gasteiger partial charge < -0.3 is 16.8 Å². The second-order valence-corrected chi connectivity index (χ2v) is 8.53. The van der Waals surface area contributed by atoms with Gasteiger partial charge in [-0.05, 0) is 6.07 Å². The summed E-state index contributed by atoms with van der Waals surface area (Å²) >= 11 is 0. The molecule has 0 bridgehead atoms. The molecule has 0 aliphatic heterocycles. The van der Waals surface area contributed by atoms with Crippen LogP contribution in [0.25, 0.3) is 11.0 Å². The number of rotatable bonds is 7. The van der Waals surface area contributed by atoms with E-state index in [2.05, 4.69) is 72.8 Å². The van der Waals surface area contributed by atoms with Crippen molar-refractivity contribution in [2.75, 3.05) is 0 Å². The van der Waals surface area contributed by atoms with Gasteiger partial charge in [0.25, 0.3) is 0 Å². The minimum Gasteiger partial charge on any atom is -1.00 e. The van der Waals surface area contributed by atoms with E-state index in [9.17, 15) is 4.79 Å². The number of benzene rings is 4. The quantitative estimate of drug-likeness (QED) is 0.270. The molecule has 170 valence electrons. The highest BCUT2D eigenvalue weighted by Crippen LogP contribution is 2.32. The van der Waals surface area contributed by atoms with E-state index in [1.165, 1.54) is 16.7 Å². The third-order valence-electron chi connectivity index (χ3n) is 6.12. The summed E-state index contributed by atoms with van der Waals surface area (Å²) in [5.41, 5.74) is 4.54. The molecule has 0 spiro atoms. The first-order valence-corrected chi connectivity index (χ1v) is 11.2. The van der Waals surface area contributed by atoms with Crippen molar-refractivity contribution in [2.24, 2.45) is 0 Å². The molecule has 5 rings (SSSR count). The predicted octanol–water partition coefficient (Wildman–Crippen LogP) is 3.70. The van der Waals surface area contributed by atoms with Gasteiger partial charge in [-0.25, -0.2) is 4.79 Å². The number of para-hydroxylation sites is 1. The maximum Gasteiger partial charge on any atom is 0.398 e. The predicted molar refractivity (Wildman–Crippen MR) is 135 cm³/mol. The maximum atomic E-state index is 13.5. The second-order valence-electron chi connectivity index (χ2n) is 8.53. The monoisotopic (exact) mass is 467 g/mol. The molecule has 0 N–H and O–H groups in total. The fourth-order valence-corrected chi connectivity index (χ4v) is 4.60. The van der Waals surface area contributed by atoms with Crippen LogP contribution in [0.4, 0.5) is 5.69 Å². The molecular formula is C30H26ClNO2. The normalized spacial score (nSPS) is 11.2. The van der Waals surface area contributed by atoms with Gasteiger partial charge in [-0.3, -0.25) is 4.48 Å². The fraction of sp³-hybridized carbons (Fsp3) is 0.100. The minimum absolute atomic E-state index is 0. The molecule has 4 aromatic carbocycles. The Morgan fingerprint density at radius 2 is 0.971 bits per heavy atom. The van der Waals surface area contributed by atoms with Gasteiger partial charge in [0.05, 0.1) is 0 Å². The summed E-state index contributed by atoms with van der Waals surface area (Å²) in [6.45, 7) is 2.02. The summed E-state index contributed by atoms with van der Waals surface area (Å²) in [4.78, 5) is 13.5. The van der Waals surface area contributed by atoms with Gasteiger partial charge in [0.1, 0.15) is 25.2 Å². The summed E-state index contributed by atoms with van der Waals surface area (Å²) in [7, 11) is 0. The van der Waals surface area contributed by atoms with Gasteiger partial charge in [0.15, 0.2) is 0 Å². The van der Waals surface area contributed by atoms with Crippen molar-refractivity contribution in [2.45, 2.75) is 19.6 Å². The van der Waals surface area contributed by atoms with Gasteiger partial charge in [0, 0.05) is 28.1 Å². The van der Waals surface area contributed by atoms with Crippen LogP contribution in [0.2, 0.25) is 0 Å². The summed E-state index contributed by atoms with van der Waals surface area (Å²) in [6.07, 6.45) is 0. The van der Waals surface area contributed by atoms with Gasteiger partial charge in [0.2, 0.25) is 5.69 Å². The minimum atomic E-state index is -0.281. The first-order valence-electron chi connectivity index (χ1n) is 11.2. The Morgan fingerprint density at radius 1 is 0.559 bits per heavy atom. The third kappa shape index (κ3) is 5.12. The number of nitrogens with zero attached hydrogens (tertiary/aromatic N) is 1. The summed E-state index contributed by atoms with van der Waals surface area (Å²) in [5.74, 6) is 0. The molecule has 0 atom stereocenters. The number of hydrogen-bond donors (Lipinski definition) is 0. The highest BCUT2D eigenvalue weighted by atomic mass is 35.5. The van der Waals surface area contributed by atoms with Gasteiger partial charge in [-0.2, -0.15) is 0 Å². The van der Waals surface area contributed by atoms with Crippen LogP contribution in [0.15, 0.2) is 131 Å². The van der Waals surface area contributed by atoms with E-state index in [1.807, 2.05) is 48.5 Å². The smallest absolute Gasteiger partial charge is 0.398 e. The third-order valence-corrected chi connectivity index (χ3v) is 6.12. The molecule has 1 heterocycles. The molecule has 34 heavy (non-hydrogen) atoms. The molecule has 0 radical (unpaired) electrons. The Balaban J connectivity index is 0.00000274. The van der Waals surface area contributed by atoms with E-state index in [-0.39, 0.29) is 18.0 Å². The maximum absolute atomic E-state index is 13.5. The lowest BCUT2D eigenvalue weighted by Crippen LogP contribution is -3.00.